The molecule has 2 aromatic carbocycles. The zero-order chi connectivity index (χ0) is 20.0. The fraction of sp³-hybridized carbons (Fsp3) is 0.211. The van der Waals surface area contributed by atoms with Crippen molar-refractivity contribution < 1.29 is 19.1 Å². The van der Waals surface area contributed by atoms with Gasteiger partial charge in [0.2, 0.25) is 17.7 Å². The van der Waals surface area contributed by atoms with Crippen LogP contribution in [0.3, 0.4) is 0 Å². The average Bonchev–Trinajstić information content (AvgIpc) is 2.59. The Balaban J connectivity index is 1.95. The smallest absolute Gasteiger partial charge is 0.233 e. The highest BCUT2D eigenvalue weighted by atomic mass is 35.5. The maximum atomic E-state index is 12.1. The second-order valence-corrected chi connectivity index (χ2v) is 6.24. The van der Waals surface area contributed by atoms with Gasteiger partial charge in [0, 0.05) is 29.4 Å². The van der Waals surface area contributed by atoms with E-state index < -0.39 is 11.8 Å². The molecule has 0 aromatic heterocycles. The van der Waals surface area contributed by atoms with Crippen LogP contribution in [0, 0.1) is 6.92 Å². The Hall–Kier alpha value is -3.06. The van der Waals surface area contributed by atoms with Crippen LogP contribution in [0.4, 0.5) is 17.1 Å². The number of methoxy groups -OCH3 is 1. The Morgan fingerprint density at radius 2 is 1.52 bits per heavy atom. The highest BCUT2D eigenvalue weighted by Crippen LogP contribution is 2.31. The van der Waals surface area contributed by atoms with Gasteiger partial charge in [-0.3, -0.25) is 14.4 Å². The van der Waals surface area contributed by atoms with E-state index in [2.05, 4.69) is 16.0 Å². The van der Waals surface area contributed by atoms with Gasteiger partial charge < -0.3 is 20.7 Å². The maximum Gasteiger partial charge on any atom is 0.233 e. The molecule has 0 saturated carbocycles. The standard InChI is InChI=1S/C19H20ClN3O4/c1-11-8-16(17(27-3)9-15(11)20)23-19(26)10-18(25)22-14-6-4-13(5-7-14)21-12(2)24/h4-9H,10H2,1-3H3,(H,21,24)(H,22,25)(H,23,26). The summed E-state index contributed by atoms with van der Waals surface area (Å²) in [5.74, 6) is -0.726. The van der Waals surface area contributed by atoms with E-state index in [1.165, 1.54) is 14.0 Å². The van der Waals surface area contributed by atoms with E-state index in [1.807, 2.05) is 0 Å². The van der Waals surface area contributed by atoms with Gasteiger partial charge in [0.05, 0.1) is 12.8 Å². The lowest BCUT2D eigenvalue weighted by molar-refractivity contribution is -0.123. The molecule has 0 heterocycles. The Morgan fingerprint density at radius 3 is 2.07 bits per heavy atom. The molecule has 7 nitrogen and oxygen atoms in total. The number of rotatable bonds is 6. The fourth-order valence-electron chi connectivity index (χ4n) is 2.32. The van der Waals surface area contributed by atoms with E-state index in [0.717, 1.165) is 5.56 Å². The molecule has 27 heavy (non-hydrogen) atoms. The summed E-state index contributed by atoms with van der Waals surface area (Å²) in [7, 11) is 1.47. The summed E-state index contributed by atoms with van der Waals surface area (Å²) in [5, 5.41) is 8.42. The molecule has 0 atom stereocenters. The topological polar surface area (TPSA) is 96.5 Å². The van der Waals surface area contributed by atoms with Gasteiger partial charge in [0.25, 0.3) is 0 Å². The molecule has 0 saturated heterocycles. The van der Waals surface area contributed by atoms with Crippen molar-refractivity contribution in [2.45, 2.75) is 20.3 Å². The van der Waals surface area contributed by atoms with Gasteiger partial charge in [-0.2, -0.15) is 0 Å². The van der Waals surface area contributed by atoms with E-state index in [1.54, 1.807) is 43.3 Å². The SMILES string of the molecule is COc1cc(Cl)c(C)cc1NC(=O)CC(=O)Nc1ccc(NC(C)=O)cc1. The highest BCUT2D eigenvalue weighted by molar-refractivity contribution is 6.31. The van der Waals surface area contributed by atoms with Crippen LogP contribution in [0.5, 0.6) is 5.75 Å². The fourth-order valence-corrected chi connectivity index (χ4v) is 2.47. The Labute approximate surface area is 162 Å². The first-order valence-corrected chi connectivity index (χ1v) is 8.47. The molecule has 142 valence electrons. The van der Waals surface area contributed by atoms with Crippen molar-refractivity contribution in [3.63, 3.8) is 0 Å². The Morgan fingerprint density at radius 1 is 0.963 bits per heavy atom. The van der Waals surface area contributed by atoms with E-state index in [-0.39, 0.29) is 12.3 Å². The third kappa shape index (κ3) is 6.00. The number of amides is 3. The predicted octanol–water partition coefficient (Wildman–Crippen LogP) is 3.58. The molecule has 0 spiro atoms. The van der Waals surface area contributed by atoms with Crippen LogP contribution in [0.25, 0.3) is 0 Å². The Kier molecular flexibility index (Phi) is 6.79. The number of halogens is 1. The first-order valence-electron chi connectivity index (χ1n) is 8.10. The van der Waals surface area contributed by atoms with Gasteiger partial charge in [-0.1, -0.05) is 11.6 Å². The van der Waals surface area contributed by atoms with Gasteiger partial charge >= 0.3 is 0 Å². The minimum Gasteiger partial charge on any atom is -0.495 e. The number of aryl methyl sites for hydroxylation is 1. The van der Waals surface area contributed by atoms with Crippen molar-refractivity contribution in [3.05, 3.63) is 47.0 Å². The Bertz CT molecular complexity index is 866. The summed E-state index contributed by atoms with van der Waals surface area (Å²) >= 11 is 6.03. The van der Waals surface area contributed by atoms with Crippen molar-refractivity contribution in [1.82, 2.24) is 0 Å². The molecule has 0 bridgehead atoms. The molecule has 0 unspecified atom stereocenters. The number of ether oxygens (including phenoxy) is 1. The number of hydrogen-bond donors (Lipinski definition) is 3. The molecule has 3 N–H and O–H groups in total. The third-order valence-corrected chi connectivity index (χ3v) is 3.97. The quantitative estimate of drug-likeness (QED) is 0.658. The second kappa shape index (κ2) is 9.05. The van der Waals surface area contributed by atoms with Crippen LogP contribution in [0.1, 0.15) is 18.9 Å². The van der Waals surface area contributed by atoms with Crippen LogP contribution in [0.15, 0.2) is 36.4 Å². The molecule has 2 aromatic rings. The van der Waals surface area contributed by atoms with E-state index in [4.69, 9.17) is 16.3 Å². The maximum absolute atomic E-state index is 12.1. The summed E-state index contributed by atoms with van der Waals surface area (Å²) in [4.78, 5) is 35.2. The van der Waals surface area contributed by atoms with Gasteiger partial charge in [-0.15, -0.1) is 0 Å². The number of anilines is 3. The number of carbonyl (C=O) groups is 3. The van der Waals surface area contributed by atoms with E-state index >= 15 is 0 Å². The molecule has 2 rings (SSSR count). The molecule has 0 radical (unpaired) electrons. The van der Waals surface area contributed by atoms with E-state index in [9.17, 15) is 14.4 Å². The first kappa shape index (κ1) is 20.3. The average molecular weight is 390 g/mol. The van der Waals surface area contributed by atoms with Crippen molar-refractivity contribution in [1.29, 1.82) is 0 Å². The molecule has 0 aliphatic heterocycles. The largest absolute Gasteiger partial charge is 0.495 e. The second-order valence-electron chi connectivity index (χ2n) is 5.83. The number of carbonyl (C=O) groups excluding carboxylic acids is 3. The lowest BCUT2D eigenvalue weighted by Crippen LogP contribution is -2.21. The van der Waals surface area contributed by atoms with Crippen molar-refractivity contribution >= 4 is 46.4 Å². The van der Waals surface area contributed by atoms with E-state index in [0.29, 0.717) is 27.8 Å². The molecular formula is C19H20ClN3O4. The van der Waals surface area contributed by atoms with Crippen LogP contribution >= 0.6 is 11.6 Å². The molecule has 8 heteroatoms. The molecule has 3 amide bonds. The summed E-state index contributed by atoms with van der Waals surface area (Å²) < 4.78 is 5.19. The van der Waals surface area contributed by atoms with Gasteiger partial charge in [0.15, 0.2) is 0 Å². The highest BCUT2D eigenvalue weighted by Gasteiger charge is 2.14. The lowest BCUT2D eigenvalue weighted by Gasteiger charge is -2.12. The van der Waals surface area contributed by atoms with Crippen molar-refractivity contribution in [3.8, 4) is 5.75 Å². The molecular weight excluding hydrogens is 370 g/mol. The predicted molar refractivity (Wildman–Crippen MR) is 105 cm³/mol. The zero-order valence-electron chi connectivity index (χ0n) is 15.2. The van der Waals surface area contributed by atoms with Crippen LogP contribution in [0.2, 0.25) is 5.02 Å². The summed E-state index contributed by atoms with van der Waals surface area (Å²) in [6, 6.07) is 9.84. The van der Waals surface area contributed by atoms with Gasteiger partial charge in [-0.25, -0.2) is 0 Å². The minimum absolute atomic E-state index is 0.184. The molecule has 0 fully saturated rings. The first-order chi connectivity index (χ1) is 12.8. The van der Waals surface area contributed by atoms with Crippen LogP contribution < -0.4 is 20.7 Å². The van der Waals surface area contributed by atoms with Gasteiger partial charge in [0.1, 0.15) is 12.2 Å². The monoisotopic (exact) mass is 389 g/mol. The summed E-state index contributed by atoms with van der Waals surface area (Å²) in [5.41, 5.74) is 2.35. The van der Waals surface area contributed by atoms with Gasteiger partial charge in [-0.05, 0) is 42.8 Å². The molecule has 0 aliphatic rings. The number of nitrogens with one attached hydrogen (secondary N) is 3. The van der Waals surface area contributed by atoms with Crippen molar-refractivity contribution in [2.24, 2.45) is 0 Å². The number of benzene rings is 2. The zero-order valence-corrected chi connectivity index (χ0v) is 15.9. The third-order valence-electron chi connectivity index (χ3n) is 3.56. The lowest BCUT2D eigenvalue weighted by atomic mass is 10.2. The summed E-state index contributed by atoms with van der Waals surface area (Å²) in [6.45, 7) is 3.21. The normalized spacial score (nSPS) is 10.1. The summed E-state index contributed by atoms with van der Waals surface area (Å²) in [6.07, 6.45) is -0.363. The molecule has 0 aliphatic carbocycles. The van der Waals surface area contributed by atoms with Crippen molar-refractivity contribution in [2.75, 3.05) is 23.1 Å². The van der Waals surface area contributed by atoms with Crippen LogP contribution in [-0.4, -0.2) is 24.8 Å². The van der Waals surface area contributed by atoms with Crippen LogP contribution in [-0.2, 0) is 14.4 Å². The number of hydrogen-bond acceptors (Lipinski definition) is 4. The minimum atomic E-state index is -0.484.